The fourth-order valence-corrected chi connectivity index (χ4v) is 2.61. The Morgan fingerprint density at radius 2 is 1.72 bits per heavy atom. The molecule has 0 unspecified atom stereocenters. The molecule has 0 aliphatic carbocycles. The van der Waals surface area contributed by atoms with Crippen LogP contribution in [-0.4, -0.2) is 31.1 Å². The van der Waals surface area contributed by atoms with Gasteiger partial charge in [0.25, 0.3) is 5.91 Å². The van der Waals surface area contributed by atoms with Crippen molar-refractivity contribution in [1.29, 1.82) is 0 Å². The number of amides is 1. The van der Waals surface area contributed by atoms with Gasteiger partial charge in [-0.2, -0.15) is 0 Å². The average molecular weight is 367 g/mol. The smallest absolute Gasteiger partial charge is 0.327 e. The summed E-state index contributed by atoms with van der Waals surface area (Å²) in [6.45, 7) is 10.4. The highest BCUT2D eigenvalue weighted by atomic mass is 28.3. The molecule has 0 saturated carbocycles. The third-order valence-corrected chi connectivity index (χ3v) is 8.86. The van der Waals surface area contributed by atoms with Crippen LogP contribution in [0.1, 0.15) is 37.6 Å². The molecule has 136 valence electrons. The van der Waals surface area contributed by atoms with E-state index in [-0.39, 0.29) is 17.0 Å². The lowest BCUT2D eigenvalue weighted by Crippen LogP contribution is -2.41. The third kappa shape index (κ3) is 5.98. The molecule has 0 fully saturated rings. The molecular weight excluding hydrogens is 344 g/mol. The zero-order valence-electron chi connectivity index (χ0n) is 15.0. The van der Waals surface area contributed by atoms with Crippen LogP contribution in [0.25, 0.3) is 0 Å². The van der Waals surface area contributed by atoms with E-state index in [1.807, 2.05) is 0 Å². The molecule has 0 spiro atoms. The molecule has 1 amide bonds. The Morgan fingerprint density at radius 1 is 1.20 bits per heavy atom. The number of hydrogen-bond acceptors (Lipinski definition) is 2. The summed E-state index contributed by atoms with van der Waals surface area (Å²) in [5, 5.41) is 11.5. The summed E-state index contributed by atoms with van der Waals surface area (Å²) in [6, 6.07) is 1.07. The van der Waals surface area contributed by atoms with Crippen LogP contribution in [0.15, 0.2) is 18.2 Å². The van der Waals surface area contributed by atoms with Crippen molar-refractivity contribution in [3.8, 4) is 11.5 Å². The zero-order valence-corrected chi connectivity index (χ0v) is 16.0. The summed E-state index contributed by atoms with van der Waals surface area (Å²) < 4.78 is 26.4. The molecule has 0 saturated heterocycles. The lowest BCUT2D eigenvalue weighted by molar-refractivity contribution is -0.139. The molecule has 4 nitrogen and oxygen atoms in total. The van der Waals surface area contributed by atoms with Gasteiger partial charge in [0.2, 0.25) is 0 Å². The Morgan fingerprint density at radius 3 is 2.16 bits per heavy atom. The van der Waals surface area contributed by atoms with Crippen LogP contribution >= 0.6 is 0 Å². The van der Waals surface area contributed by atoms with Gasteiger partial charge in [-0.15, -0.1) is 11.5 Å². The normalized spacial score (nSPS) is 12.8. The largest absolute Gasteiger partial charge is 0.480 e. The van der Waals surface area contributed by atoms with E-state index in [1.165, 1.54) is 0 Å². The van der Waals surface area contributed by atoms with E-state index in [0.29, 0.717) is 6.07 Å². The van der Waals surface area contributed by atoms with Crippen molar-refractivity contribution in [3.05, 3.63) is 35.4 Å². The van der Waals surface area contributed by atoms with E-state index in [0.717, 1.165) is 12.1 Å². The second-order valence-electron chi connectivity index (χ2n) is 7.40. The van der Waals surface area contributed by atoms with E-state index < -0.39 is 37.6 Å². The van der Waals surface area contributed by atoms with Crippen LogP contribution in [0.3, 0.4) is 0 Å². The molecule has 0 aromatic heterocycles. The quantitative estimate of drug-likeness (QED) is 0.631. The number of hydrogen-bond donors (Lipinski definition) is 2. The first-order valence-corrected chi connectivity index (χ1v) is 10.8. The van der Waals surface area contributed by atoms with Crippen LogP contribution < -0.4 is 5.32 Å². The summed E-state index contributed by atoms with van der Waals surface area (Å²) in [5.74, 6) is -1.07. The molecule has 7 heteroatoms. The summed E-state index contributed by atoms with van der Waals surface area (Å²) in [6.07, 6.45) is -0.0780. The maximum absolute atomic E-state index is 13.2. The molecule has 0 aliphatic heterocycles. The van der Waals surface area contributed by atoms with Gasteiger partial charge in [-0.05, 0) is 17.2 Å². The second-order valence-corrected chi connectivity index (χ2v) is 12.4. The molecule has 2 N–H and O–H groups in total. The van der Waals surface area contributed by atoms with Crippen LogP contribution in [0.2, 0.25) is 18.1 Å². The monoisotopic (exact) mass is 367 g/mol. The van der Waals surface area contributed by atoms with Gasteiger partial charge in [-0.1, -0.05) is 33.9 Å². The topological polar surface area (TPSA) is 66.4 Å². The Balaban J connectivity index is 2.89. The van der Waals surface area contributed by atoms with Crippen LogP contribution in [0, 0.1) is 23.1 Å². The maximum atomic E-state index is 13.2. The van der Waals surface area contributed by atoms with Crippen molar-refractivity contribution in [2.75, 3.05) is 0 Å². The molecule has 1 aromatic rings. The van der Waals surface area contributed by atoms with E-state index >= 15 is 0 Å². The number of benzene rings is 1. The zero-order chi connectivity index (χ0) is 19.4. The SMILES string of the molecule is CC(C)(C)[Si](C)(C)C#CC[C@H](NC(=O)c1cc(F)cc(F)c1)C(=O)O. The Kier molecular flexibility index (Phi) is 6.49. The minimum Gasteiger partial charge on any atom is -0.480 e. The lowest BCUT2D eigenvalue weighted by Gasteiger charge is -2.31. The van der Waals surface area contributed by atoms with Gasteiger partial charge in [0.15, 0.2) is 0 Å². The molecular formula is C18H23F2NO3Si. The van der Waals surface area contributed by atoms with Gasteiger partial charge in [0.1, 0.15) is 25.8 Å². The van der Waals surface area contributed by atoms with Gasteiger partial charge in [-0.25, -0.2) is 13.6 Å². The number of nitrogens with one attached hydrogen (secondary N) is 1. The van der Waals surface area contributed by atoms with Crippen LogP contribution in [0.5, 0.6) is 0 Å². The summed E-state index contributed by atoms with van der Waals surface area (Å²) in [4.78, 5) is 23.4. The highest BCUT2D eigenvalue weighted by molar-refractivity contribution is 6.87. The van der Waals surface area contributed by atoms with Crippen molar-refractivity contribution in [2.24, 2.45) is 0 Å². The van der Waals surface area contributed by atoms with Crippen molar-refractivity contribution < 1.29 is 23.5 Å². The predicted octanol–water partition coefficient (Wildman–Crippen LogP) is 3.59. The van der Waals surface area contributed by atoms with Crippen LogP contribution in [-0.2, 0) is 4.79 Å². The first-order chi connectivity index (χ1) is 11.3. The van der Waals surface area contributed by atoms with E-state index in [1.54, 1.807) is 0 Å². The minimum absolute atomic E-state index is 0.0288. The minimum atomic E-state index is -1.89. The molecule has 25 heavy (non-hydrogen) atoms. The lowest BCUT2D eigenvalue weighted by atomic mass is 10.1. The molecule has 1 rings (SSSR count). The Bertz CT molecular complexity index is 710. The predicted molar refractivity (Wildman–Crippen MR) is 94.8 cm³/mol. The van der Waals surface area contributed by atoms with E-state index in [2.05, 4.69) is 50.6 Å². The highest BCUT2D eigenvalue weighted by Crippen LogP contribution is 2.35. The maximum Gasteiger partial charge on any atom is 0.327 e. The van der Waals surface area contributed by atoms with Crippen molar-refractivity contribution in [3.63, 3.8) is 0 Å². The second kappa shape index (κ2) is 7.79. The molecule has 0 bridgehead atoms. The number of carbonyl (C=O) groups excluding carboxylic acids is 1. The highest BCUT2D eigenvalue weighted by Gasteiger charge is 2.33. The summed E-state index contributed by atoms with van der Waals surface area (Å²) in [5.41, 5.74) is 2.89. The standard InChI is InChI=1S/C18H23F2NO3Si/c1-18(2,3)25(4,5)8-6-7-15(17(23)24)21-16(22)12-9-13(19)11-14(20)10-12/h9-11,15H,7H2,1-5H3,(H,21,22)(H,23,24)/t15-/m0/s1. The summed E-state index contributed by atoms with van der Waals surface area (Å²) >= 11 is 0. The number of carboxylic acids is 1. The molecule has 0 radical (unpaired) electrons. The Labute approximate surface area is 147 Å². The fraction of sp³-hybridized carbons (Fsp3) is 0.444. The van der Waals surface area contributed by atoms with Gasteiger partial charge in [0, 0.05) is 18.1 Å². The average Bonchev–Trinajstić information content (AvgIpc) is 2.43. The van der Waals surface area contributed by atoms with Gasteiger partial charge < -0.3 is 10.4 Å². The van der Waals surface area contributed by atoms with Gasteiger partial charge >= 0.3 is 5.97 Å². The van der Waals surface area contributed by atoms with Crippen molar-refractivity contribution >= 4 is 20.0 Å². The first kappa shape index (κ1) is 20.8. The van der Waals surface area contributed by atoms with Crippen molar-refractivity contribution in [2.45, 2.75) is 51.4 Å². The molecule has 0 aliphatic rings. The van der Waals surface area contributed by atoms with Crippen molar-refractivity contribution in [1.82, 2.24) is 5.32 Å². The van der Waals surface area contributed by atoms with Gasteiger partial charge in [0.05, 0.1) is 0 Å². The first-order valence-electron chi connectivity index (χ1n) is 7.83. The molecule has 0 heterocycles. The van der Waals surface area contributed by atoms with E-state index in [4.69, 9.17) is 0 Å². The van der Waals surface area contributed by atoms with E-state index in [9.17, 15) is 23.5 Å². The fourth-order valence-electron chi connectivity index (χ4n) is 1.69. The van der Waals surface area contributed by atoms with Gasteiger partial charge in [-0.3, -0.25) is 4.79 Å². The third-order valence-electron chi connectivity index (χ3n) is 4.31. The molecule has 1 aromatic carbocycles. The van der Waals surface area contributed by atoms with Crippen LogP contribution in [0.4, 0.5) is 8.78 Å². The number of carboxylic acid groups (broad SMARTS) is 1. The number of carbonyl (C=O) groups is 2. The molecule has 1 atom stereocenters. The Hall–Kier alpha value is -2.20. The number of aliphatic carboxylic acids is 1. The summed E-state index contributed by atoms with van der Waals surface area (Å²) in [7, 11) is -1.89. The number of halogens is 2. The number of rotatable bonds is 4.